The van der Waals surface area contributed by atoms with E-state index >= 15 is 0 Å². The smallest absolute Gasteiger partial charge is 0.261 e. The van der Waals surface area contributed by atoms with Gasteiger partial charge in [-0.3, -0.25) is 9.59 Å². The maximum Gasteiger partial charge on any atom is 0.261 e. The van der Waals surface area contributed by atoms with Crippen LogP contribution in [0.2, 0.25) is 0 Å². The summed E-state index contributed by atoms with van der Waals surface area (Å²) in [7, 11) is 1.73. The van der Waals surface area contributed by atoms with Crippen LogP contribution in [0, 0.1) is 26.7 Å². The summed E-state index contributed by atoms with van der Waals surface area (Å²) in [6, 6.07) is 0. The Morgan fingerprint density at radius 3 is 2.33 bits per heavy atom. The highest BCUT2D eigenvalue weighted by Gasteiger charge is 2.18. The van der Waals surface area contributed by atoms with E-state index in [1.165, 1.54) is 19.3 Å². The standard InChI is InChI=1S/C18H25NO2/c1-12-13(2)17(18(21)19(4)14(12)3)16(20)11-10-15-8-6-5-7-9-15/h10-11,15H,5-9H2,1-4H3/b11-10+. The largest absolute Gasteiger partial charge is 0.315 e. The Labute approximate surface area is 126 Å². The van der Waals surface area contributed by atoms with Crippen LogP contribution in [0.15, 0.2) is 16.9 Å². The Balaban J connectivity index is 2.31. The van der Waals surface area contributed by atoms with E-state index in [1.807, 2.05) is 26.8 Å². The number of nitrogens with zero attached hydrogens (tertiary/aromatic N) is 1. The quantitative estimate of drug-likeness (QED) is 0.629. The van der Waals surface area contributed by atoms with Gasteiger partial charge in [-0.05, 0) is 56.7 Å². The predicted molar refractivity (Wildman–Crippen MR) is 85.9 cm³/mol. The Morgan fingerprint density at radius 2 is 1.71 bits per heavy atom. The summed E-state index contributed by atoms with van der Waals surface area (Å²) in [5.74, 6) is 0.347. The predicted octanol–water partition coefficient (Wildman–Crippen LogP) is 3.63. The monoisotopic (exact) mass is 287 g/mol. The molecule has 0 bridgehead atoms. The molecule has 3 heteroatoms. The van der Waals surface area contributed by atoms with Gasteiger partial charge in [0, 0.05) is 12.7 Å². The van der Waals surface area contributed by atoms with Crippen LogP contribution in [0.5, 0.6) is 0 Å². The lowest BCUT2D eigenvalue weighted by atomic mass is 9.88. The number of allylic oxidation sites excluding steroid dienone is 2. The molecule has 1 aliphatic rings. The molecule has 0 radical (unpaired) electrons. The highest BCUT2D eigenvalue weighted by atomic mass is 16.1. The van der Waals surface area contributed by atoms with Crippen molar-refractivity contribution in [1.29, 1.82) is 0 Å². The van der Waals surface area contributed by atoms with E-state index in [9.17, 15) is 9.59 Å². The second-order valence-corrected chi connectivity index (χ2v) is 6.20. The Morgan fingerprint density at radius 1 is 1.10 bits per heavy atom. The second-order valence-electron chi connectivity index (χ2n) is 6.20. The third kappa shape index (κ3) is 3.17. The van der Waals surface area contributed by atoms with Gasteiger partial charge in [0.2, 0.25) is 0 Å². The van der Waals surface area contributed by atoms with Gasteiger partial charge in [-0.1, -0.05) is 25.3 Å². The van der Waals surface area contributed by atoms with Crippen LogP contribution >= 0.6 is 0 Å². The molecule has 114 valence electrons. The fraction of sp³-hybridized carbons (Fsp3) is 0.556. The molecule has 0 N–H and O–H groups in total. The topological polar surface area (TPSA) is 39.1 Å². The molecule has 3 nitrogen and oxygen atoms in total. The Kier molecular flexibility index (Phi) is 4.81. The zero-order valence-electron chi connectivity index (χ0n) is 13.5. The summed E-state index contributed by atoms with van der Waals surface area (Å²) in [6.45, 7) is 5.74. The molecule has 0 unspecified atom stereocenters. The molecule has 1 fully saturated rings. The van der Waals surface area contributed by atoms with E-state index in [-0.39, 0.29) is 11.3 Å². The van der Waals surface area contributed by atoms with Crippen molar-refractivity contribution in [1.82, 2.24) is 4.57 Å². The summed E-state index contributed by atoms with van der Waals surface area (Å²) < 4.78 is 1.57. The molecule has 0 amide bonds. The molecule has 1 aromatic heterocycles. The van der Waals surface area contributed by atoms with E-state index in [0.29, 0.717) is 11.5 Å². The van der Waals surface area contributed by atoms with Gasteiger partial charge in [0.05, 0.1) is 5.56 Å². The van der Waals surface area contributed by atoms with Crippen LogP contribution in [-0.2, 0) is 7.05 Å². The number of carbonyl (C=O) groups is 1. The van der Waals surface area contributed by atoms with Gasteiger partial charge in [0.1, 0.15) is 0 Å². The van der Waals surface area contributed by atoms with Crippen molar-refractivity contribution in [2.24, 2.45) is 13.0 Å². The normalized spacial score (nSPS) is 16.6. The number of aromatic nitrogens is 1. The second kappa shape index (κ2) is 6.42. The minimum absolute atomic E-state index is 0.151. The number of ketones is 1. The zero-order valence-corrected chi connectivity index (χ0v) is 13.5. The highest BCUT2D eigenvalue weighted by molar-refractivity contribution is 6.05. The molecule has 1 aromatic rings. The van der Waals surface area contributed by atoms with Gasteiger partial charge in [-0.15, -0.1) is 0 Å². The fourth-order valence-corrected chi connectivity index (χ4v) is 3.11. The molecule has 0 saturated heterocycles. The molecular weight excluding hydrogens is 262 g/mol. The first-order chi connectivity index (χ1) is 9.93. The molecule has 0 aromatic carbocycles. The molecule has 0 atom stereocenters. The zero-order chi connectivity index (χ0) is 15.6. The number of pyridine rings is 1. The van der Waals surface area contributed by atoms with Crippen molar-refractivity contribution in [2.45, 2.75) is 52.9 Å². The van der Waals surface area contributed by atoms with Crippen molar-refractivity contribution < 1.29 is 4.79 Å². The first-order valence-electron chi connectivity index (χ1n) is 7.82. The van der Waals surface area contributed by atoms with Crippen LogP contribution in [0.1, 0.15) is 59.3 Å². The van der Waals surface area contributed by atoms with E-state index in [0.717, 1.165) is 29.7 Å². The van der Waals surface area contributed by atoms with Crippen LogP contribution in [0.25, 0.3) is 0 Å². The molecule has 1 heterocycles. The summed E-state index contributed by atoms with van der Waals surface area (Å²) in [5, 5.41) is 0. The third-order valence-electron chi connectivity index (χ3n) is 4.92. The van der Waals surface area contributed by atoms with Gasteiger partial charge in [-0.2, -0.15) is 0 Å². The van der Waals surface area contributed by atoms with Gasteiger partial charge in [-0.25, -0.2) is 0 Å². The summed E-state index contributed by atoms with van der Waals surface area (Å²) in [5.41, 5.74) is 2.90. The molecule has 0 aliphatic heterocycles. The lowest BCUT2D eigenvalue weighted by Gasteiger charge is -2.17. The van der Waals surface area contributed by atoms with E-state index in [2.05, 4.69) is 0 Å². The first-order valence-corrected chi connectivity index (χ1v) is 7.82. The molecule has 0 spiro atoms. The fourth-order valence-electron chi connectivity index (χ4n) is 3.11. The van der Waals surface area contributed by atoms with E-state index < -0.39 is 0 Å². The minimum atomic E-state index is -0.186. The van der Waals surface area contributed by atoms with Crippen molar-refractivity contribution >= 4 is 5.78 Å². The average Bonchev–Trinajstić information content (AvgIpc) is 2.50. The highest BCUT2D eigenvalue weighted by Crippen LogP contribution is 2.24. The number of hydrogen-bond donors (Lipinski definition) is 0. The molecule has 1 aliphatic carbocycles. The van der Waals surface area contributed by atoms with Crippen LogP contribution in [0.4, 0.5) is 0 Å². The van der Waals surface area contributed by atoms with E-state index in [1.54, 1.807) is 17.7 Å². The lowest BCUT2D eigenvalue weighted by Crippen LogP contribution is -2.28. The lowest BCUT2D eigenvalue weighted by molar-refractivity contribution is 0.104. The molecule has 2 rings (SSSR count). The summed E-state index contributed by atoms with van der Waals surface area (Å²) in [6.07, 6.45) is 9.74. The van der Waals surface area contributed by atoms with Crippen LogP contribution in [-0.4, -0.2) is 10.4 Å². The van der Waals surface area contributed by atoms with Crippen LogP contribution < -0.4 is 5.56 Å². The minimum Gasteiger partial charge on any atom is -0.315 e. The SMILES string of the molecule is Cc1c(C)c(C)n(C)c(=O)c1C(=O)/C=C/C1CCCCC1. The van der Waals surface area contributed by atoms with E-state index in [4.69, 9.17) is 0 Å². The van der Waals surface area contributed by atoms with Gasteiger partial charge < -0.3 is 4.57 Å². The Hall–Kier alpha value is -1.64. The molecular formula is C18H25NO2. The maximum absolute atomic E-state index is 12.4. The van der Waals surface area contributed by atoms with Crippen molar-refractivity contribution in [2.75, 3.05) is 0 Å². The third-order valence-corrected chi connectivity index (χ3v) is 4.92. The van der Waals surface area contributed by atoms with Crippen molar-refractivity contribution in [3.05, 3.63) is 44.9 Å². The van der Waals surface area contributed by atoms with Crippen LogP contribution in [0.3, 0.4) is 0 Å². The van der Waals surface area contributed by atoms with Gasteiger partial charge in [0.15, 0.2) is 5.78 Å². The number of hydrogen-bond acceptors (Lipinski definition) is 2. The van der Waals surface area contributed by atoms with Crippen molar-refractivity contribution in [3.63, 3.8) is 0 Å². The Bertz CT molecular complexity index is 632. The average molecular weight is 287 g/mol. The maximum atomic E-state index is 12.4. The first kappa shape index (κ1) is 15.7. The van der Waals surface area contributed by atoms with Gasteiger partial charge in [0.25, 0.3) is 5.56 Å². The van der Waals surface area contributed by atoms with Crippen molar-refractivity contribution in [3.8, 4) is 0 Å². The molecule has 1 saturated carbocycles. The summed E-state index contributed by atoms with van der Waals surface area (Å²) in [4.78, 5) is 24.8. The number of rotatable bonds is 3. The summed E-state index contributed by atoms with van der Waals surface area (Å²) >= 11 is 0. The molecule has 21 heavy (non-hydrogen) atoms. The van der Waals surface area contributed by atoms with Gasteiger partial charge >= 0.3 is 0 Å². The number of carbonyl (C=O) groups excluding carboxylic acids is 1.